The van der Waals surface area contributed by atoms with E-state index in [-0.39, 0.29) is 12.3 Å². The maximum Gasteiger partial charge on any atom is 0.343 e. The summed E-state index contributed by atoms with van der Waals surface area (Å²) in [5, 5.41) is 4.85. The normalized spacial score (nSPS) is 11.9. The van der Waals surface area contributed by atoms with E-state index in [4.69, 9.17) is 4.74 Å². The summed E-state index contributed by atoms with van der Waals surface area (Å²) in [5.41, 5.74) is 0.244. The second-order valence-corrected chi connectivity index (χ2v) is 12.9. The van der Waals surface area contributed by atoms with Crippen LogP contribution in [0.5, 0.6) is 0 Å². The number of aromatic nitrogens is 2. The molecule has 0 aliphatic carbocycles. The fraction of sp³-hybridized carbons (Fsp3) is 0.467. The van der Waals surface area contributed by atoms with Crippen molar-refractivity contribution in [3.63, 3.8) is 0 Å². The molecule has 0 atom stereocenters. The van der Waals surface area contributed by atoms with Crippen LogP contribution in [0.3, 0.4) is 0 Å². The summed E-state index contributed by atoms with van der Waals surface area (Å²) in [6.07, 6.45) is 1.58. The largest absolute Gasteiger partial charge is 0.465 e. The van der Waals surface area contributed by atoms with E-state index in [1.54, 1.807) is 6.20 Å². The summed E-state index contributed by atoms with van der Waals surface area (Å²) in [5.74, 6) is -1.39. The molecule has 8 heteroatoms. The van der Waals surface area contributed by atoms with Crippen LogP contribution >= 0.6 is 15.9 Å². The highest BCUT2D eigenvalue weighted by atomic mass is 79.9. The molecule has 2 rings (SSSR count). The van der Waals surface area contributed by atoms with Crippen molar-refractivity contribution in [1.29, 1.82) is 0 Å². The number of carbonyl (C=O) groups excluding carboxylic acids is 1. The van der Waals surface area contributed by atoms with Gasteiger partial charge in [0.15, 0.2) is 0 Å². The third-order valence-electron chi connectivity index (χ3n) is 3.43. The number of hydrogen-bond donors (Lipinski definition) is 0. The second kappa shape index (κ2) is 7.10. The summed E-state index contributed by atoms with van der Waals surface area (Å²) >= 11 is 3.29. The highest BCUT2D eigenvalue weighted by molar-refractivity contribution is 9.10. The van der Waals surface area contributed by atoms with Crippen LogP contribution in [0.1, 0.15) is 10.4 Å². The summed E-state index contributed by atoms with van der Waals surface area (Å²) in [6.45, 7) is 7.57. The van der Waals surface area contributed by atoms with Crippen LogP contribution in [-0.4, -0.2) is 37.5 Å². The lowest BCUT2D eigenvalue weighted by Crippen LogP contribution is -2.22. The first kappa shape index (κ1) is 18.1. The Balaban J connectivity index is 2.32. The zero-order valence-electron chi connectivity index (χ0n) is 13.7. The number of benzene rings is 1. The molecule has 126 valence electrons. The smallest absolute Gasteiger partial charge is 0.343 e. The molecular weight excluding hydrogens is 383 g/mol. The fourth-order valence-corrected chi connectivity index (χ4v) is 3.37. The van der Waals surface area contributed by atoms with E-state index in [2.05, 4.69) is 45.4 Å². The molecule has 2 aromatic rings. The first-order chi connectivity index (χ1) is 10.7. The molecule has 0 bridgehead atoms. The van der Waals surface area contributed by atoms with Gasteiger partial charge < -0.3 is 9.47 Å². The molecule has 0 fully saturated rings. The van der Waals surface area contributed by atoms with E-state index in [0.717, 1.165) is 6.04 Å². The van der Waals surface area contributed by atoms with Gasteiger partial charge in [0.05, 0.1) is 18.8 Å². The summed E-state index contributed by atoms with van der Waals surface area (Å²) in [6, 6.07) is 2.26. The summed E-state index contributed by atoms with van der Waals surface area (Å²) < 4.78 is 26.6. The Morgan fingerprint density at radius 1 is 1.43 bits per heavy atom. The predicted octanol–water partition coefficient (Wildman–Crippen LogP) is 4.04. The Morgan fingerprint density at radius 3 is 2.74 bits per heavy atom. The Labute approximate surface area is 143 Å². The minimum Gasteiger partial charge on any atom is -0.465 e. The molecule has 0 radical (unpaired) electrons. The Bertz CT molecular complexity index is 728. The van der Waals surface area contributed by atoms with Crippen LogP contribution in [0.25, 0.3) is 10.9 Å². The van der Waals surface area contributed by atoms with Crippen molar-refractivity contribution in [3.8, 4) is 0 Å². The number of rotatable bonds is 6. The van der Waals surface area contributed by atoms with Crippen molar-refractivity contribution in [2.24, 2.45) is 0 Å². The number of halogens is 2. The average Bonchev–Trinajstić information content (AvgIpc) is 2.86. The minimum atomic E-state index is -1.18. The van der Waals surface area contributed by atoms with Crippen LogP contribution in [0.15, 0.2) is 16.7 Å². The molecule has 23 heavy (non-hydrogen) atoms. The van der Waals surface area contributed by atoms with Gasteiger partial charge in [0, 0.05) is 24.5 Å². The maximum atomic E-state index is 14.2. The van der Waals surface area contributed by atoms with Gasteiger partial charge in [0.1, 0.15) is 18.1 Å². The molecular formula is C15H20BrFN2O3Si. The van der Waals surface area contributed by atoms with Crippen LogP contribution in [0.4, 0.5) is 4.39 Å². The number of ether oxygens (including phenoxy) is 2. The average molecular weight is 403 g/mol. The van der Waals surface area contributed by atoms with Crippen LogP contribution in [-0.2, 0) is 16.2 Å². The fourth-order valence-electron chi connectivity index (χ4n) is 2.12. The van der Waals surface area contributed by atoms with Crippen LogP contribution < -0.4 is 0 Å². The van der Waals surface area contributed by atoms with E-state index in [1.165, 1.54) is 17.9 Å². The zero-order valence-corrected chi connectivity index (χ0v) is 16.2. The van der Waals surface area contributed by atoms with Gasteiger partial charge in [-0.25, -0.2) is 13.9 Å². The topological polar surface area (TPSA) is 53.3 Å². The van der Waals surface area contributed by atoms with E-state index in [9.17, 15) is 9.18 Å². The van der Waals surface area contributed by atoms with Crippen molar-refractivity contribution in [1.82, 2.24) is 9.78 Å². The first-order valence-corrected chi connectivity index (χ1v) is 11.7. The Morgan fingerprint density at radius 2 is 2.13 bits per heavy atom. The van der Waals surface area contributed by atoms with Crippen molar-refractivity contribution in [2.75, 3.05) is 13.7 Å². The molecule has 0 aliphatic rings. The number of methoxy groups -OCH3 is 1. The number of esters is 1. The molecule has 1 aromatic heterocycles. The third-order valence-corrected chi connectivity index (χ3v) is 5.79. The maximum absolute atomic E-state index is 14.2. The van der Waals surface area contributed by atoms with Gasteiger partial charge in [0.2, 0.25) is 0 Å². The predicted molar refractivity (Wildman–Crippen MR) is 92.8 cm³/mol. The van der Waals surface area contributed by atoms with Gasteiger partial charge in [-0.05, 0) is 28.0 Å². The van der Waals surface area contributed by atoms with Crippen LogP contribution in [0.2, 0.25) is 25.7 Å². The Hall–Kier alpha value is -1.25. The summed E-state index contributed by atoms with van der Waals surface area (Å²) in [4.78, 5) is 11.9. The zero-order chi connectivity index (χ0) is 17.2. The number of carbonyl (C=O) groups is 1. The molecule has 0 amide bonds. The van der Waals surface area contributed by atoms with E-state index in [0.29, 0.717) is 22.0 Å². The quantitative estimate of drug-likeness (QED) is 0.415. The van der Waals surface area contributed by atoms with Gasteiger partial charge in [-0.3, -0.25) is 0 Å². The molecule has 1 aromatic carbocycles. The van der Waals surface area contributed by atoms with Crippen molar-refractivity contribution < 1.29 is 18.7 Å². The lowest BCUT2D eigenvalue weighted by atomic mass is 10.1. The van der Waals surface area contributed by atoms with E-state index >= 15 is 0 Å². The molecule has 0 aliphatic heterocycles. The monoisotopic (exact) mass is 402 g/mol. The number of nitrogens with zero attached hydrogens (tertiary/aromatic N) is 2. The van der Waals surface area contributed by atoms with Gasteiger partial charge in [-0.2, -0.15) is 5.10 Å². The molecule has 0 saturated carbocycles. The highest BCUT2D eigenvalue weighted by Crippen LogP contribution is 2.30. The molecule has 0 N–H and O–H groups in total. The van der Waals surface area contributed by atoms with E-state index < -0.39 is 19.9 Å². The van der Waals surface area contributed by atoms with Crippen molar-refractivity contribution >= 4 is 40.9 Å². The standard InChI is InChI=1S/C15H20BrFN2O3Si/c1-21-15(20)13-12(17)7-11(16)10-8-18-19(14(10)13)9-22-5-6-23(2,3)4/h7-8H,5-6,9H2,1-4H3. The highest BCUT2D eigenvalue weighted by Gasteiger charge is 2.22. The minimum absolute atomic E-state index is 0.128. The first-order valence-electron chi connectivity index (χ1n) is 7.24. The van der Waals surface area contributed by atoms with Crippen LogP contribution in [0, 0.1) is 5.82 Å². The van der Waals surface area contributed by atoms with Gasteiger partial charge in [-0.15, -0.1) is 0 Å². The second-order valence-electron chi connectivity index (χ2n) is 6.46. The molecule has 5 nitrogen and oxygen atoms in total. The van der Waals surface area contributed by atoms with Gasteiger partial charge >= 0.3 is 5.97 Å². The summed E-state index contributed by atoms with van der Waals surface area (Å²) in [7, 11) is 0.0413. The van der Waals surface area contributed by atoms with Crippen molar-refractivity contribution in [2.45, 2.75) is 32.4 Å². The Kier molecular flexibility index (Phi) is 5.59. The third kappa shape index (κ3) is 4.18. The number of hydrogen-bond acceptors (Lipinski definition) is 4. The van der Waals surface area contributed by atoms with Gasteiger partial charge in [0.25, 0.3) is 0 Å². The number of fused-ring (bicyclic) bond motifs is 1. The molecule has 0 saturated heterocycles. The van der Waals surface area contributed by atoms with Gasteiger partial charge in [-0.1, -0.05) is 19.6 Å². The molecule has 0 spiro atoms. The lowest BCUT2D eigenvalue weighted by molar-refractivity contribution is 0.0594. The lowest BCUT2D eigenvalue weighted by Gasteiger charge is -2.15. The van der Waals surface area contributed by atoms with E-state index in [1.807, 2.05) is 0 Å². The molecule has 1 heterocycles. The SMILES string of the molecule is COC(=O)c1c(F)cc(Br)c2cnn(COCC[Si](C)(C)C)c12. The van der Waals surface area contributed by atoms with Crippen molar-refractivity contribution in [3.05, 3.63) is 28.1 Å². The molecule has 0 unspecified atom stereocenters.